The molecule has 2 aromatic rings. The van der Waals surface area contributed by atoms with Gasteiger partial charge in [0.15, 0.2) is 0 Å². The number of hydrazone groups is 1. The van der Waals surface area contributed by atoms with E-state index < -0.39 is 28.3 Å². The standard InChI is InChI=1S/C24H28N4O6S/c1-4-27(5-2)35(32,33)18-13-11-17(12-14-18)28-24(31)19(21(26-28)15-23(29)30)16-25-20-9-7-8-10-22(20)34-6-3/h7-14,16,25H,4-6,15H2,1-3H3,(H,29,30)/b19-16-. The number of benzene rings is 2. The molecule has 0 aliphatic carbocycles. The van der Waals surface area contributed by atoms with E-state index >= 15 is 0 Å². The minimum absolute atomic E-state index is 0.0729. The highest BCUT2D eigenvalue weighted by molar-refractivity contribution is 7.89. The molecule has 3 rings (SSSR count). The number of amides is 1. The molecule has 0 unspecified atom stereocenters. The molecule has 2 N–H and O–H groups in total. The fourth-order valence-electron chi connectivity index (χ4n) is 3.54. The molecular formula is C24H28N4O6S. The molecule has 35 heavy (non-hydrogen) atoms. The van der Waals surface area contributed by atoms with Gasteiger partial charge < -0.3 is 15.2 Å². The summed E-state index contributed by atoms with van der Waals surface area (Å²) in [6.07, 6.45) is 0.943. The van der Waals surface area contributed by atoms with Gasteiger partial charge in [-0.3, -0.25) is 9.59 Å². The number of nitrogens with zero attached hydrogens (tertiary/aromatic N) is 3. The Morgan fingerprint density at radius 3 is 2.37 bits per heavy atom. The number of carbonyl (C=O) groups excluding carboxylic acids is 1. The second kappa shape index (κ2) is 11.2. The summed E-state index contributed by atoms with van der Waals surface area (Å²) in [5.41, 5.74) is 1.07. The summed E-state index contributed by atoms with van der Waals surface area (Å²) in [6.45, 7) is 6.48. The Balaban J connectivity index is 1.91. The van der Waals surface area contributed by atoms with Gasteiger partial charge >= 0.3 is 5.97 Å². The van der Waals surface area contributed by atoms with E-state index in [1.165, 1.54) is 34.8 Å². The highest BCUT2D eigenvalue weighted by Gasteiger charge is 2.33. The Labute approximate surface area is 204 Å². The van der Waals surface area contributed by atoms with Gasteiger partial charge in [0, 0.05) is 19.3 Å². The van der Waals surface area contributed by atoms with Gasteiger partial charge in [-0.25, -0.2) is 8.42 Å². The lowest BCUT2D eigenvalue weighted by atomic mass is 10.1. The molecule has 0 saturated heterocycles. The number of carbonyl (C=O) groups is 2. The van der Waals surface area contributed by atoms with Gasteiger partial charge in [0.05, 0.1) is 40.6 Å². The van der Waals surface area contributed by atoms with Crippen LogP contribution >= 0.6 is 0 Å². The quantitative estimate of drug-likeness (QED) is 0.453. The predicted octanol–water partition coefficient (Wildman–Crippen LogP) is 3.29. The van der Waals surface area contributed by atoms with E-state index in [9.17, 15) is 23.1 Å². The Hall–Kier alpha value is -3.70. The molecular weight excluding hydrogens is 472 g/mol. The third-order valence-electron chi connectivity index (χ3n) is 5.26. The number of hydrogen-bond donors (Lipinski definition) is 2. The van der Waals surface area contributed by atoms with Crippen molar-refractivity contribution in [1.82, 2.24) is 4.31 Å². The van der Waals surface area contributed by atoms with Gasteiger partial charge in [0.1, 0.15) is 5.75 Å². The first-order chi connectivity index (χ1) is 16.7. The molecule has 0 atom stereocenters. The van der Waals surface area contributed by atoms with Crippen LogP contribution in [0.2, 0.25) is 0 Å². The Bertz CT molecular complexity index is 1250. The first kappa shape index (κ1) is 25.9. The fraction of sp³-hybridized carbons (Fsp3) is 0.292. The summed E-state index contributed by atoms with van der Waals surface area (Å²) in [7, 11) is -3.66. The zero-order valence-electron chi connectivity index (χ0n) is 19.8. The Morgan fingerprint density at radius 1 is 1.11 bits per heavy atom. The van der Waals surface area contributed by atoms with Crippen LogP contribution in [0.4, 0.5) is 11.4 Å². The van der Waals surface area contributed by atoms with Gasteiger partial charge in [-0.05, 0) is 43.3 Å². The Kier molecular flexibility index (Phi) is 8.26. The zero-order valence-corrected chi connectivity index (χ0v) is 20.6. The molecule has 0 fully saturated rings. The van der Waals surface area contributed by atoms with Gasteiger partial charge in [0.2, 0.25) is 10.0 Å². The predicted molar refractivity (Wildman–Crippen MR) is 133 cm³/mol. The summed E-state index contributed by atoms with van der Waals surface area (Å²) >= 11 is 0. The zero-order chi connectivity index (χ0) is 25.6. The lowest BCUT2D eigenvalue weighted by Crippen LogP contribution is -2.30. The maximum Gasteiger partial charge on any atom is 0.309 e. The molecule has 2 aromatic carbocycles. The van der Waals surface area contributed by atoms with Crippen LogP contribution < -0.4 is 15.1 Å². The maximum atomic E-state index is 13.2. The van der Waals surface area contributed by atoms with Crippen molar-refractivity contribution >= 4 is 39.0 Å². The van der Waals surface area contributed by atoms with Crippen LogP contribution in [0.15, 0.2) is 70.3 Å². The van der Waals surface area contributed by atoms with E-state index in [-0.39, 0.29) is 16.2 Å². The molecule has 1 aliphatic heterocycles. The van der Waals surface area contributed by atoms with Gasteiger partial charge in [-0.1, -0.05) is 26.0 Å². The van der Waals surface area contributed by atoms with Gasteiger partial charge in [-0.15, -0.1) is 0 Å². The second-order valence-corrected chi connectivity index (χ2v) is 9.39. The van der Waals surface area contributed by atoms with E-state index in [0.29, 0.717) is 36.8 Å². The summed E-state index contributed by atoms with van der Waals surface area (Å²) < 4.78 is 32.4. The van der Waals surface area contributed by atoms with Crippen LogP contribution in [0.1, 0.15) is 27.2 Å². The number of carboxylic acids is 1. The molecule has 1 amide bonds. The number of rotatable bonds is 11. The van der Waals surface area contributed by atoms with Crippen LogP contribution in [-0.4, -0.2) is 55.1 Å². The van der Waals surface area contributed by atoms with Crippen molar-refractivity contribution < 1.29 is 27.9 Å². The first-order valence-electron chi connectivity index (χ1n) is 11.2. The van der Waals surface area contributed by atoms with Crippen molar-refractivity contribution in [3.8, 4) is 5.75 Å². The minimum atomic E-state index is -3.66. The molecule has 0 bridgehead atoms. The van der Waals surface area contributed by atoms with Crippen LogP contribution in [0.5, 0.6) is 5.75 Å². The maximum absolute atomic E-state index is 13.2. The third kappa shape index (κ3) is 5.69. The summed E-state index contributed by atoms with van der Waals surface area (Å²) in [5.74, 6) is -1.10. The number of nitrogens with one attached hydrogen (secondary N) is 1. The minimum Gasteiger partial charge on any atom is -0.492 e. The van der Waals surface area contributed by atoms with Crippen molar-refractivity contribution in [1.29, 1.82) is 0 Å². The average Bonchev–Trinajstić information content (AvgIpc) is 3.13. The topological polar surface area (TPSA) is 129 Å². The number of ether oxygens (including phenoxy) is 1. The van der Waals surface area contributed by atoms with Crippen molar-refractivity contribution in [2.45, 2.75) is 32.1 Å². The summed E-state index contributed by atoms with van der Waals surface area (Å²) in [6, 6.07) is 12.9. The van der Waals surface area contributed by atoms with E-state index in [4.69, 9.17) is 4.74 Å². The molecule has 0 saturated carbocycles. The third-order valence-corrected chi connectivity index (χ3v) is 7.32. The largest absolute Gasteiger partial charge is 0.492 e. The summed E-state index contributed by atoms with van der Waals surface area (Å²) in [5, 5.41) is 17.6. The van der Waals surface area contributed by atoms with E-state index in [1.807, 2.05) is 13.0 Å². The van der Waals surface area contributed by atoms with Crippen LogP contribution in [0, 0.1) is 0 Å². The van der Waals surface area contributed by atoms with Crippen LogP contribution in [-0.2, 0) is 19.6 Å². The van der Waals surface area contributed by atoms with Gasteiger partial charge in [-0.2, -0.15) is 14.4 Å². The summed E-state index contributed by atoms with van der Waals surface area (Å²) in [4.78, 5) is 24.6. The monoisotopic (exact) mass is 500 g/mol. The lowest BCUT2D eigenvalue weighted by Gasteiger charge is -2.19. The SMILES string of the molecule is CCOc1ccccc1N/C=C1\C(=O)N(c2ccc(S(=O)(=O)N(CC)CC)cc2)N=C1CC(=O)O. The fourth-order valence-corrected chi connectivity index (χ4v) is 5.00. The molecule has 0 aromatic heterocycles. The van der Waals surface area contributed by atoms with E-state index in [1.54, 1.807) is 32.0 Å². The molecule has 0 spiro atoms. The van der Waals surface area contributed by atoms with Crippen molar-refractivity contribution in [2.24, 2.45) is 5.10 Å². The number of para-hydroxylation sites is 2. The number of anilines is 2. The second-order valence-electron chi connectivity index (χ2n) is 7.45. The smallest absolute Gasteiger partial charge is 0.309 e. The van der Waals surface area contributed by atoms with Crippen molar-refractivity contribution in [2.75, 3.05) is 30.0 Å². The van der Waals surface area contributed by atoms with Crippen molar-refractivity contribution in [3.05, 3.63) is 60.3 Å². The molecule has 11 heteroatoms. The molecule has 0 radical (unpaired) electrons. The molecule has 1 heterocycles. The molecule has 10 nitrogen and oxygen atoms in total. The highest BCUT2D eigenvalue weighted by Crippen LogP contribution is 2.28. The first-order valence-corrected chi connectivity index (χ1v) is 12.6. The van der Waals surface area contributed by atoms with Crippen molar-refractivity contribution in [3.63, 3.8) is 0 Å². The average molecular weight is 501 g/mol. The number of carboxylic acid groups (broad SMARTS) is 1. The van der Waals surface area contributed by atoms with E-state index in [0.717, 1.165) is 5.01 Å². The highest BCUT2D eigenvalue weighted by atomic mass is 32.2. The number of sulfonamides is 1. The normalized spacial score (nSPS) is 15.0. The van der Waals surface area contributed by atoms with Crippen LogP contribution in [0.25, 0.3) is 0 Å². The number of aliphatic carboxylic acids is 1. The number of hydrogen-bond acceptors (Lipinski definition) is 7. The molecule has 1 aliphatic rings. The van der Waals surface area contributed by atoms with Crippen LogP contribution in [0.3, 0.4) is 0 Å². The van der Waals surface area contributed by atoms with Gasteiger partial charge in [0.25, 0.3) is 5.91 Å². The lowest BCUT2D eigenvalue weighted by molar-refractivity contribution is -0.135. The Morgan fingerprint density at radius 2 is 1.77 bits per heavy atom. The van der Waals surface area contributed by atoms with E-state index in [2.05, 4.69) is 10.4 Å². The molecule has 186 valence electrons.